The number of aromatic nitrogens is 3. The first-order chi connectivity index (χ1) is 10.2. The van der Waals surface area contributed by atoms with Gasteiger partial charge < -0.3 is 10.1 Å². The number of methoxy groups -OCH3 is 1. The third-order valence-corrected chi connectivity index (χ3v) is 3.03. The van der Waals surface area contributed by atoms with Crippen molar-refractivity contribution in [2.45, 2.75) is 32.9 Å². The van der Waals surface area contributed by atoms with E-state index < -0.39 is 0 Å². The quantitative estimate of drug-likeness (QED) is 0.839. The molecule has 1 heterocycles. The van der Waals surface area contributed by atoms with Gasteiger partial charge >= 0.3 is 0 Å². The van der Waals surface area contributed by atoms with Crippen LogP contribution in [0.1, 0.15) is 24.6 Å². The van der Waals surface area contributed by atoms with Gasteiger partial charge in [0, 0.05) is 6.54 Å². The van der Waals surface area contributed by atoms with Gasteiger partial charge in [-0.05, 0) is 24.1 Å². The van der Waals surface area contributed by atoms with Crippen LogP contribution >= 0.6 is 0 Å². The number of carbonyl (C=O) groups excluding carboxylic acids is 1. The Labute approximate surface area is 124 Å². The molecule has 1 amide bonds. The molecule has 1 aromatic heterocycles. The predicted octanol–water partition coefficient (Wildman–Crippen LogP) is 1.56. The number of rotatable bonds is 7. The molecule has 6 nitrogen and oxygen atoms in total. The van der Waals surface area contributed by atoms with Crippen molar-refractivity contribution in [3.63, 3.8) is 0 Å². The summed E-state index contributed by atoms with van der Waals surface area (Å²) in [6.07, 6.45) is 3.21. The molecule has 0 saturated carbocycles. The Kier molecular flexibility index (Phi) is 5.31. The normalized spacial score (nSPS) is 10.4. The third-order valence-electron chi connectivity index (χ3n) is 3.03. The first kappa shape index (κ1) is 15.0. The van der Waals surface area contributed by atoms with Gasteiger partial charge in [-0.15, -0.1) is 5.10 Å². The Morgan fingerprint density at radius 1 is 1.33 bits per heavy atom. The molecule has 0 atom stereocenters. The largest absolute Gasteiger partial charge is 0.497 e. The topological polar surface area (TPSA) is 69.0 Å². The smallest absolute Gasteiger partial charge is 0.224 e. The number of carbonyl (C=O) groups is 1. The van der Waals surface area contributed by atoms with Crippen molar-refractivity contribution in [2.75, 3.05) is 7.11 Å². The van der Waals surface area contributed by atoms with Gasteiger partial charge in [0.15, 0.2) is 0 Å². The Bertz CT molecular complexity index is 578. The molecule has 2 rings (SSSR count). The van der Waals surface area contributed by atoms with E-state index in [9.17, 15) is 4.79 Å². The molecule has 0 spiro atoms. The lowest BCUT2D eigenvalue weighted by Crippen LogP contribution is -2.24. The van der Waals surface area contributed by atoms with Crippen molar-refractivity contribution in [3.05, 3.63) is 41.7 Å². The minimum atomic E-state index is -0.0368. The summed E-state index contributed by atoms with van der Waals surface area (Å²) in [5.41, 5.74) is 1.72. The number of hydrogen-bond donors (Lipinski definition) is 1. The Morgan fingerprint density at radius 2 is 2.10 bits per heavy atom. The lowest BCUT2D eigenvalue weighted by atomic mass is 10.1. The molecule has 6 heteroatoms. The van der Waals surface area contributed by atoms with Crippen molar-refractivity contribution in [3.8, 4) is 5.75 Å². The van der Waals surface area contributed by atoms with Crippen LogP contribution in [0.25, 0.3) is 0 Å². The molecule has 0 aliphatic carbocycles. The van der Waals surface area contributed by atoms with E-state index in [1.807, 2.05) is 30.5 Å². The van der Waals surface area contributed by atoms with Gasteiger partial charge in [-0.2, -0.15) is 0 Å². The predicted molar refractivity (Wildman–Crippen MR) is 78.9 cm³/mol. The van der Waals surface area contributed by atoms with Crippen LogP contribution in [-0.4, -0.2) is 28.0 Å². The summed E-state index contributed by atoms with van der Waals surface area (Å²) < 4.78 is 6.87. The number of benzene rings is 1. The number of ether oxygens (including phenoxy) is 1. The van der Waals surface area contributed by atoms with Crippen LogP contribution in [0.3, 0.4) is 0 Å². The fourth-order valence-electron chi connectivity index (χ4n) is 1.94. The van der Waals surface area contributed by atoms with Gasteiger partial charge in [0.05, 0.1) is 26.3 Å². The number of aryl methyl sites for hydroxylation is 1. The molecule has 0 unspecified atom stereocenters. The molecule has 112 valence electrons. The number of hydrogen-bond acceptors (Lipinski definition) is 4. The van der Waals surface area contributed by atoms with Crippen molar-refractivity contribution < 1.29 is 9.53 Å². The minimum absolute atomic E-state index is 0.0368. The fraction of sp³-hybridized carbons (Fsp3) is 0.400. The van der Waals surface area contributed by atoms with E-state index >= 15 is 0 Å². The van der Waals surface area contributed by atoms with Gasteiger partial charge in [-0.25, -0.2) is 0 Å². The maximum Gasteiger partial charge on any atom is 0.224 e. The molecule has 0 bridgehead atoms. The number of nitrogens with zero attached hydrogens (tertiary/aromatic N) is 3. The Balaban J connectivity index is 1.80. The lowest BCUT2D eigenvalue weighted by Gasteiger charge is -2.04. The molecule has 0 aliphatic rings. The van der Waals surface area contributed by atoms with Crippen molar-refractivity contribution in [1.29, 1.82) is 0 Å². The summed E-state index contributed by atoms with van der Waals surface area (Å²) in [7, 11) is 1.62. The van der Waals surface area contributed by atoms with Crippen LogP contribution in [0.5, 0.6) is 5.75 Å². The van der Waals surface area contributed by atoms with E-state index in [1.165, 1.54) is 0 Å². The van der Waals surface area contributed by atoms with E-state index in [2.05, 4.69) is 22.6 Å². The van der Waals surface area contributed by atoms with E-state index in [1.54, 1.807) is 11.8 Å². The average molecular weight is 288 g/mol. The molecule has 21 heavy (non-hydrogen) atoms. The Morgan fingerprint density at radius 3 is 2.76 bits per heavy atom. The minimum Gasteiger partial charge on any atom is -0.497 e. The fourth-order valence-corrected chi connectivity index (χ4v) is 1.94. The second kappa shape index (κ2) is 7.42. The van der Waals surface area contributed by atoms with E-state index in [0.29, 0.717) is 13.0 Å². The first-order valence-corrected chi connectivity index (χ1v) is 7.00. The highest BCUT2D eigenvalue weighted by Crippen LogP contribution is 2.11. The van der Waals surface area contributed by atoms with Crippen LogP contribution in [0.2, 0.25) is 0 Å². The Hall–Kier alpha value is -2.37. The summed E-state index contributed by atoms with van der Waals surface area (Å²) in [5, 5.41) is 10.9. The van der Waals surface area contributed by atoms with Crippen LogP contribution in [-0.2, 0) is 24.3 Å². The summed E-state index contributed by atoms with van der Waals surface area (Å²) in [4.78, 5) is 11.9. The maximum absolute atomic E-state index is 11.9. The van der Waals surface area contributed by atoms with Crippen molar-refractivity contribution in [2.24, 2.45) is 0 Å². The SMILES string of the molecule is CCCn1cc(CNC(=O)Cc2ccc(OC)cc2)nn1. The average Bonchev–Trinajstić information content (AvgIpc) is 2.94. The van der Waals surface area contributed by atoms with Crippen LogP contribution in [0, 0.1) is 0 Å². The highest BCUT2D eigenvalue weighted by Gasteiger charge is 2.06. The molecular formula is C15H20N4O2. The molecule has 2 aromatic rings. The number of nitrogens with one attached hydrogen (secondary N) is 1. The highest BCUT2D eigenvalue weighted by molar-refractivity contribution is 5.78. The molecule has 1 N–H and O–H groups in total. The van der Waals surface area contributed by atoms with Gasteiger partial charge in [0.25, 0.3) is 0 Å². The zero-order valence-electron chi connectivity index (χ0n) is 12.4. The lowest BCUT2D eigenvalue weighted by molar-refractivity contribution is -0.120. The van der Waals surface area contributed by atoms with Gasteiger partial charge in [0.2, 0.25) is 5.91 Å². The van der Waals surface area contributed by atoms with Crippen LogP contribution in [0.4, 0.5) is 0 Å². The second-order valence-corrected chi connectivity index (χ2v) is 4.77. The summed E-state index contributed by atoms with van der Waals surface area (Å²) in [6, 6.07) is 7.46. The van der Waals surface area contributed by atoms with Crippen LogP contribution < -0.4 is 10.1 Å². The molecule has 0 aliphatic heterocycles. The second-order valence-electron chi connectivity index (χ2n) is 4.77. The standard InChI is InChI=1S/C15H20N4O2/c1-3-8-19-11-13(17-18-19)10-16-15(20)9-12-4-6-14(21-2)7-5-12/h4-7,11H,3,8-10H2,1-2H3,(H,16,20). The van der Waals surface area contributed by atoms with Gasteiger partial charge in [-0.1, -0.05) is 24.3 Å². The zero-order chi connectivity index (χ0) is 15.1. The van der Waals surface area contributed by atoms with Crippen molar-refractivity contribution in [1.82, 2.24) is 20.3 Å². The molecule has 0 fully saturated rings. The zero-order valence-corrected chi connectivity index (χ0v) is 12.4. The van der Waals surface area contributed by atoms with E-state index in [0.717, 1.165) is 30.0 Å². The molecule has 0 radical (unpaired) electrons. The first-order valence-electron chi connectivity index (χ1n) is 7.00. The molecule has 1 aromatic carbocycles. The maximum atomic E-state index is 11.9. The number of amides is 1. The summed E-state index contributed by atoms with van der Waals surface area (Å²) in [6.45, 7) is 3.32. The molecule has 0 saturated heterocycles. The highest BCUT2D eigenvalue weighted by atomic mass is 16.5. The monoisotopic (exact) mass is 288 g/mol. The van der Waals surface area contributed by atoms with Crippen LogP contribution in [0.15, 0.2) is 30.5 Å². The van der Waals surface area contributed by atoms with Gasteiger partial charge in [0.1, 0.15) is 11.4 Å². The molecular weight excluding hydrogens is 268 g/mol. The van der Waals surface area contributed by atoms with Crippen molar-refractivity contribution >= 4 is 5.91 Å². The van der Waals surface area contributed by atoms with Gasteiger partial charge in [-0.3, -0.25) is 9.48 Å². The van der Waals surface area contributed by atoms with E-state index in [-0.39, 0.29) is 5.91 Å². The third kappa shape index (κ3) is 4.59. The van der Waals surface area contributed by atoms with E-state index in [4.69, 9.17) is 4.74 Å². The summed E-state index contributed by atoms with van der Waals surface area (Å²) in [5.74, 6) is 0.747. The summed E-state index contributed by atoms with van der Waals surface area (Å²) >= 11 is 0.